The number of rotatable bonds is 8. The van der Waals surface area contributed by atoms with Crippen LogP contribution in [-0.4, -0.2) is 98.2 Å². The number of aliphatic hydroxyl groups is 4. The molecule has 57 heavy (non-hydrogen) atoms. The van der Waals surface area contributed by atoms with Gasteiger partial charge in [-0.2, -0.15) is 0 Å². The molecule has 0 radical (unpaired) electrons. The Morgan fingerprint density at radius 2 is 1.54 bits per heavy atom. The summed E-state index contributed by atoms with van der Waals surface area (Å²) in [5, 5.41) is 43.5. The molecule has 1 fully saturated rings. The van der Waals surface area contributed by atoms with Gasteiger partial charge >= 0.3 is 26.4 Å². The Kier molecular flexibility index (Phi) is 12.1. The third kappa shape index (κ3) is 7.09. The zero-order valence-electron chi connectivity index (χ0n) is 32.7. The molecule has 0 saturated carbocycles. The number of amides is 1. The monoisotopic (exact) mass is 875 g/mol. The van der Waals surface area contributed by atoms with E-state index in [1.54, 1.807) is 13.0 Å². The number of hydrogen-bond acceptors (Lipinski definition) is 12. The van der Waals surface area contributed by atoms with Crippen LogP contribution in [0.3, 0.4) is 0 Å². The molecule has 5 N–H and O–H groups in total. The molecule has 3 aromatic rings. The Morgan fingerprint density at radius 3 is 2.19 bits per heavy atom. The molecule has 1 unspecified atom stereocenters. The SMILES string of the molecule is CCC1c2cc3[n-]c4c(c3C)C(=O)[C@H](C(=O)OC)c4c3nc(cc4[n-]c(cc(n2)[C@@H]1C)c(C(C)=O)c4C)[C@@H](C)[C@@H]3CCC(=O)N[C@@H]1[C@@H](O)[C@H](O)[C@@H](CO)O[C@H]1O.[Pd+2]. The summed E-state index contributed by atoms with van der Waals surface area (Å²) in [7, 11) is 1.21. The van der Waals surface area contributed by atoms with E-state index in [1.165, 1.54) is 14.0 Å². The Balaban J connectivity index is 0.00000549. The van der Waals surface area contributed by atoms with Gasteiger partial charge in [0.05, 0.1) is 13.7 Å². The number of fused-ring (bicyclic) bond motifs is 8. The molecule has 16 heteroatoms. The van der Waals surface area contributed by atoms with Crippen molar-refractivity contribution in [3.05, 3.63) is 68.8 Å². The molecule has 1 saturated heterocycles. The molecule has 0 aromatic carbocycles. The molecule has 15 nitrogen and oxygen atoms in total. The number of Topliss-reactive ketones (excluding diaryl/α,β-unsaturated/α-hetero) is 2. The van der Waals surface area contributed by atoms with Crippen LogP contribution in [0.25, 0.3) is 22.1 Å². The van der Waals surface area contributed by atoms with Crippen LogP contribution in [0, 0.1) is 13.8 Å². The van der Waals surface area contributed by atoms with Gasteiger partial charge in [-0.1, -0.05) is 50.1 Å². The van der Waals surface area contributed by atoms with Gasteiger partial charge in [-0.25, -0.2) is 0 Å². The van der Waals surface area contributed by atoms with Crippen LogP contribution in [0.2, 0.25) is 0 Å². The predicted molar refractivity (Wildman–Crippen MR) is 201 cm³/mol. The fourth-order valence-electron chi connectivity index (χ4n) is 8.96. The zero-order chi connectivity index (χ0) is 40.5. The third-order valence-corrected chi connectivity index (χ3v) is 12.2. The molecule has 306 valence electrons. The van der Waals surface area contributed by atoms with Crippen molar-refractivity contribution in [2.75, 3.05) is 13.7 Å². The van der Waals surface area contributed by atoms with Gasteiger partial charge in [-0.05, 0) is 39.2 Å². The topological polar surface area (TPSA) is 234 Å². The van der Waals surface area contributed by atoms with Crippen molar-refractivity contribution in [2.45, 2.75) is 121 Å². The van der Waals surface area contributed by atoms with Crippen LogP contribution >= 0.6 is 0 Å². The number of ketones is 2. The zero-order valence-corrected chi connectivity index (χ0v) is 34.2. The number of esters is 1. The third-order valence-electron chi connectivity index (χ3n) is 12.2. The molecule has 0 spiro atoms. The second-order valence-electron chi connectivity index (χ2n) is 15.4. The summed E-state index contributed by atoms with van der Waals surface area (Å²) in [5.41, 5.74) is 6.68. The van der Waals surface area contributed by atoms with Crippen LogP contribution in [0.4, 0.5) is 0 Å². The maximum atomic E-state index is 14.3. The van der Waals surface area contributed by atoms with Gasteiger partial charge in [-0.3, -0.25) is 29.1 Å². The van der Waals surface area contributed by atoms with E-state index in [-0.39, 0.29) is 50.9 Å². The quantitative estimate of drug-likeness (QED) is 0.0949. The molecule has 7 rings (SSSR count). The summed E-state index contributed by atoms with van der Waals surface area (Å²) in [6.07, 6.45) is -5.36. The van der Waals surface area contributed by atoms with Crippen molar-refractivity contribution in [3.8, 4) is 0 Å². The van der Waals surface area contributed by atoms with Gasteiger partial charge in [0.15, 0.2) is 17.9 Å². The van der Waals surface area contributed by atoms with E-state index in [0.29, 0.717) is 61.3 Å². The molecule has 1 aliphatic carbocycles. The van der Waals surface area contributed by atoms with Crippen molar-refractivity contribution in [3.63, 3.8) is 0 Å². The Morgan fingerprint density at radius 1 is 0.912 bits per heavy atom. The number of ether oxygens (including phenoxy) is 2. The number of carbonyl (C=O) groups is 4. The van der Waals surface area contributed by atoms with E-state index < -0.39 is 72.7 Å². The Bertz CT molecular complexity index is 2300. The average Bonchev–Trinajstić information content (AvgIpc) is 3.91. The molecular formula is C41H47N5O10Pd. The molecule has 4 aliphatic rings. The van der Waals surface area contributed by atoms with E-state index >= 15 is 0 Å². The summed E-state index contributed by atoms with van der Waals surface area (Å²) < 4.78 is 10.4. The van der Waals surface area contributed by atoms with Gasteiger partial charge in [0.25, 0.3) is 0 Å². The van der Waals surface area contributed by atoms with Crippen molar-refractivity contribution in [1.29, 1.82) is 0 Å². The standard InChI is InChI=1S/C41H49N5O10.Pd/c1-8-20-15(2)22-13-27-30(19(6)48)17(4)24(43-27)11-23-16(3)21(9-10-29(49)46-36-39(52)37(50)28(14-47)56-41(36)54)34(44-23)32-33(40(53)55-7)38(51)31-18(5)25(45-35(31)32)12-26(20)42-22;/h11-13,15-16,20-21,28,33,36-37,39,41,47,50,52,54H,8-10,14H2,1-7H3,(H3,42,43,44,45,46,48,49,51);/q;+2/p-2/t15-,16+,20?,21+,28-,33-,36-,37-,39-,41-;/m1./s1. The Hall–Kier alpha value is -4.14. The number of carbonyl (C=O) groups excluding carboxylic acids is 4. The van der Waals surface area contributed by atoms with E-state index in [1.807, 2.05) is 26.0 Å². The first-order chi connectivity index (χ1) is 26.6. The first-order valence-corrected chi connectivity index (χ1v) is 19.0. The van der Waals surface area contributed by atoms with Gasteiger partial charge in [0.2, 0.25) is 5.91 Å². The summed E-state index contributed by atoms with van der Waals surface area (Å²) in [6, 6.07) is 4.17. The molecule has 6 heterocycles. The van der Waals surface area contributed by atoms with Gasteiger partial charge < -0.3 is 45.2 Å². The number of aryl methyl sites for hydroxylation is 2. The summed E-state index contributed by atoms with van der Waals surface area (Å²) in [5.74, 6) is -4.23. The number of aromatic nitrogens is 4. The number of hydrogen-bond donors (Lipinski definition) is 5. The van der Waals surface area contributed by atoms with Gasteiger partial charge in [0, 0.05) is 64.0 Å². The number of methoxy groups -OCH3 is 1. The van der Waals surface area contributed by atoms with Crippen LogP contribution in [0.5, 0.6) is 0 Å². The minimum absolute atomic E-state index is 0. The molecular weight excluding hydrogens is 829 g/mol. The van der Waals surface area contributed by atoms with E-state index in [9.17, 15) is 39.6 Å². The maximum absolute atomic E-state index is 14.3. The molecule has 10 atom stereocenters. The van der Waals surface area contributed by atoms with Crippen molar-refractivity contribution in [2.24, 2.45) is 0 Å². The number of aliphatic hydroxyl groups excluding tert-OH is 4. The van der Waals surface area contributed by atoms with E-state index in [0.717, 1.165) is 17.8 Å². The minimum Gasteiger partial charge on any atom is -0.657 e. The summed E-state index contributed by atoms with van der Waals surface area (Å²) in [6.45, 7) is 10.5. The number of nitrogens with one attached hydrogen (secondary N) is 1. The van der Waals surface area contributed by atoms with Crippen molar-refractivity contribution < 1.29 is 69.5 Å². The van der Waals surface area contributed by atoms with Crippen LogP contribution in [0.1, 0.15) is 137 Å². The van der Waals surface area contributed by atoms with Crippen LogP contribution in [-0.2, 0) is 39.5 Å². The fourth-order valence-corrected chi connectivity index (χ4v) is 8.96. The molecule has 3 aromatic heterocycles. The number of nitrogens with zero attached hydrogens (tertiary/aromatic N) is 4. The first-order valence-electron chi connectivity index (χ1n) is 19.0. The second kappa shape index (κ2) is 16.3. The van der Waals surface area contributed by atoms with Crippen LogP contribution in [0.15, 0.2) is 18.2 Å². The van der Waals surface area contributed by atoms with Gasteiger partial charge in [0.1, 0.15) is 30.3 Å². The summed E-state index contributed by atoms with van der Waals surface area (Å²) >= 11 is 0. The van der Waals surface area contributed by atoms with E-state index in [4.69, 9.17) is 29.4 Å². The molecule has 1 amide bonds. The average molecular weight is 876 g/mol. The smallest absolute Gasteiger partial charge is 0.657 e. The van der Waals surface area contributed by atoms with Crippen LogP contribution < -0.4 is 15.3 Å². The van der Waals surface area contributed by atoms with Crippen molar-refractivity contribution in [1.82, 2.24) is 25.3 Å². The molecule has 3 aliphatic heterocycles. The van der Waals surface area contributed by atoms with E-state index in [2.05, 4.69) is 19.2 Å². The minimum atomic E-state index is -1.70. The van der Waals surface area contributed by atoms with Gasteiger partial charge in [-0.15, -0.1) is 22.1 Å². The van der Waals surface area contributed by atoms with Crippen molar-refractivity contribution >= 4 is 45.5 Å². The molecule has 8 bridgehead atoms. The summed E-state index contributed by atoms with van der Waals surface area (Å²) in [4.78, 5) is 74.3. The Labute approximate surface area is 342 Å². The fraction of sp³-hybridized carbons (Fsp3) is 0.512. The predicted octanol–water partition coefficient (Wildman–Crippen LogP) is 2.72. The maximum Gasteiger partial charge on any atom is 2.00 e. The normalized spacial score (nSPS) is 27.9. The first kappa shape index (κ1) is 42.5. The second-order valence-corrected chi connectivity index (χ2v) is 15.4. The largest absolute Gasteiger partial charge is 2.00 e.